The van der Waals surface area contributed by atoms with Crippen molar-refractivity contribution < 1.29 is 18.0 Å². The summed E-state index contributed by atoms with van der Waals surface area (Å²) < 4.78 is 38.0. The highest BCUT2D eigenvalue weighted by molar-refractivity contribution is 5.95. The van der Waals surface area contributed by atoms with E-state index in [1.54, 1.807) is 6.92 Å². The quantitative estimate of drug-likeness (QED) is 0.871. The van der Waals surface area contributed by atoms with Crippen LogP contribution >= 0.6 is 0 Å². The molecule has 1 aromatic heterocycles. The van der Waals surface area contributed by atoms with Gasteiger partial charge < -0.3 is 5.32 Å². The van der Waals surface area contributed by atoms with Gasteiger partial charge in [-0.3, -0.25) is 9.89 Å². The van der Waals surface area contributed by atoms with E-state index in [2.05, 4.69) is 15.5 Å². The first-order valence-corrected chi connectivity index (χ1v) is 6.25. The number of nitrogens with one attached hydrogen (secondary N) is 2. The number of aryl methyl sites for hydroxylation is 1. The van der Waals surface area contributed by atoms with Crippen LogP contribution in [-0.2, 0) is 0 Å². The Balaban J connectivity index is 1.96. The zero-order chi connectivity index (χ0) is 14.0. The van der Waals surface area contributed by atoms with Crippen LogP contribution in [0.5, 0.6) is 0 Å². The molecule has 2 atom stereocenters. The number of carbonyl (C=O) groups is 1. The predicted octanol–water partition coefficient (Wildman–Crippen LogP) is 2.57. The topological polar surface area (TPSA) is 57.8 Å². The van der Waals surface area contributed by atoms with Crippen LogP contribution in [0.2, 0.25) is 0 Å². The standard InChI is InChI=1S/C12H16F3N3O/c1-7-10(6-16-18-7)11(19)17-9-4-2-3-8(5-9)12(13,14)15/h6,8-9H,2-5H2,1H3,(H,16,18)(H,17,19). The molecule has 2 N–H and O–H groups in total. The molecule has 1 saturated carbocycles. The summed E-state index contributed by atoms with van der Waals surface area (Å²) in [6.07, 6.45) is -1.59. The Morgan fingerprint density at radius 3 is 2.79 bits per heavy atom. The van der Waals surface area contributed by atoms with Crippen LogP contribution in [-0.4, -0.2) is 28.3 Å². The first kappa shape index (κ1) is 13.9. The number of carbonyl (C=O) groups excluding carboxylic acids is 1. The van der Waals surface area contributed by atoms with Crippen LogP contribution in [0.4, 0.5) is 13.2 Å². The maximum Gasteiger partial charge on any atom is 0.391 e. The minimum atomic E-state index is -4.17. The number of nitrogens with zero attached hydrogens (tertiary/aromatic N) is 1. The molecule has 1 heterocycles. The molecule has 0 saturated heterocycles. The maximum atomic E-state index is 12.7. The fraction of sp³-hybridized carbons (Fsp3) is 0.667. The van der Waals surface area contributed by atoms with E-state index in [4.69, 9.17) is 0 Å². The van der Waals surface area contributed by atoms with Gasteiger partial charge in [0.15, 0.2) is 0 Å². The molecule has 1 amide bonds. The van der Waals surface area contributed by atoms with Crippen molar-refractivity contribution in [1.82, 2.24) is 15.5 Å². The summed E-state index contributed by atoms with van der Waals surface area (Å²) in [6, 6.07) is -0.415. The molecule has 0 aromatic carbocycles. The van der Waals surface area contributed by atoms with E-state index < -0.39 is 18.1 Å². The third-order valence-electron chi connectivity index (χ3n) is 3.55. The van der Waals surface area contributed by atoms with Gasteiger partial charge in [0.25, 0.3) is 5.91 Å². The van der Waals surface area contributed by atoms with E-state index in [0.29, 0.717) is 24.1 Å². The second-order valence-corrected chi connectivity index (χ2v) is 4.98. The fourth-order valence-corrected chi connectivity index (χ4v) is 2.46. The van der Waals surface area contributed by atoms with Gasteiger partial charge in [0.2, 0.25) is 0 Å². The fourth-order valence-electron chi connectivity index (χ4n) is 2.46. The van der Waals surface area contributed by atoms with Crippen LogP contribution < -0.4 is 5.32 Å². The normalized spacial score (nSPS) is 24.2. The van der Waals surface area contributed by atoms with Crippen molar-refractivity contribution in [2.45, 2.75) is 44.8 Å². The highest BCUT2D eigenvalue weighted by Gasteiger charge is 2.42. The zero-order valence-corrected chi connectivity index (χ0v) is 10.5. The molecule has 2 unspecified atom stereocenters. The lowest BCUT2D eigenvalue weighted by Crippen LogP contribution is -2.41. The van der Waals surface area contributed by atoms with E-state index >= 15 is 0 Å². The molecule has 1 aliphatic carbocycles. The van der Waals surface area contributed by atoms with Crippen molar-refractivity contribution in [1.29, 1.82) is 0 Å². The second-order valence-electron chi connectivity index (χ2n) is 4.98. The Morgan fingerprint density at radius 1 is 1.47 bits per heavy atom. The lowest BCUT2D eigenvalue weighted by atomic mass is 9.85. The van der Waals surface area contributed by atoms with E-state index in [-0.39, 0.29) is 18.7 Å². The third kappa shape index (κ3) is 3.27. The molecule has 7 heteroatoms. The Bertz CT molecular complexity index is 455. The van der Waals surface area contributed by atoms with Gasteiger partial charge in [-0.25, -0.2) is 0 Å². The van der Waals surface area contributed by atoms with E-state index in [9.17, 15) is 18.0 Å². The molecule has 1 aliphatic rings. The number of alkyl halides is 3. The monoisotopic (exact) mass is 275 g/mol. The SMILES string of the molecule is Cc1[nH]ncc1C(=O)NC1CCCC(C(F)(F)F)C1. The van der Waals surface area contributed by atoms with E-state index in [1.165, 1.54) is 6.20 Å². The number of aromatic nitrogens is 2. The summed E-state index contributed by atoms with van der Waals surface area (Å²) in [5, 5.41) is 9.02. The van der Waals surface area contributed by atoms with Crippen LogP contribution in [0.1, 0.15) is 41.7 Å². The smallest absolute Gasteiger partial charge is 0.349 e. The molecular weight excluding hydrogens is 259 g/mol. The molecule has 1 aromatic rings. The lowest BCUT2D eigenvalue weighted by Gasteiger charge is -2.30. The number of hydrogen-bond acceptors (Lipinski definition) is 2. The number of aromatic amines is 1. The molecule has 0 aliphatic heterocycles. The number of halogens is 3. The van der Waals surface area contributed by atoms with Gasteiger partial charge in [-0.05, 0) is 26.2 Å². The van der Waals surface area contributed by atoms with Crippen molar-refractivity contribution >= 4 is 5.91 Å². The van der Waals surface area contributed by atoms with Crippen LogP contribution in [0.15, 0.2) is 6.20 Å². The summed E-state index contributed by atoms with van der Waals surface area (Å²) in [5.74, 6) is -1.67. The molecule has 2 rings (SSSR count). The summed E-state index contributed by atoms with van der Waals surface area (Å²) in [6.45, 7) is 1.70. The number of hydrogen-bond donors (Lipinski definition) is 2. The first-order chi connectivity index (χ1) is 8.88. The first-order valence-electron chi connectivity index (χ1n) is 6.25. The van der Waals surface area contributed by atoms with E-state index in [1.807, 2.05) is 0 Å². The summed E-state index contributed by atoms with van der Waals surface area (Å²) in [4.78, 5) is 11.9. The molecule has 106 valence electrons. The third-order valence-corrected chi connectivity index (χ3v) is 3.55. The van der Waals surface area contributed by atoms with Gasteiger partial charge >= 0.3 is 6.18 Å². The number of rotatable bonds is 2. The van der Waals surface area contributed by atoms with Crippen molar-refractivity contribution in [2.24, 2.45) is 5.92 Å². The Morgan fingerprint density at radius 2 is 2.21 bits per heavy atom. The van der Waals surface area contributed by atoms with Crippen LogP contribution in [0, 0.1) is 12.8 Å². The maximum absolute atomic E-state index is 12.7. The van der Waals surface area contributed by atoms with Crippen LogP contribution in [0.25, 0.3) is 0 Å². The van der Waals surface area contributed by atoms with Crippen molar-refractivity contribution in [2.75, 3.05) is 0 Å². The molecule has 19 heavy (non-hydrogen) atoms. The molecule has 1 fully saturated rings. The summed E-state index contributed by atoms with van der Waals surface area (Å²) in [5.41, 5.74) is 0.995. The van der Waals surface area contributed by atoms with E-state index in [0.717, 1.165) is 0 Å². The number of H-pyrrole nitrogens is 1. The molecular formula is C12H16F3N3O. The predicted molar refractivity (Wildman–Crippen MR) is 62.6 cm³/mol. The Kier molecular flexibility index (Phi) is 3.82. The van der Waals surface area contributed by atoms with Gasteiger partial charge in [0.05, 0.1) is 17.7 Å². The highest BCUT2D eigenvalue weighted by Crippen LogP contribution is 2.37. The van der Waals surface area contributed by atoms with Crippen molar-refractivity contribution in [3.63, 3.8) is 0 Å². The van der Waals surface area contributed by atoms with Gasteiger partial charge in [-0.1, -0.05) is 6.42 Å². The Labute approximate surface area is 108 Å². The zero-order valence-electron chi connectivity index (χ0n) is 10.5. The Hall–Kier alpha value is -1.53. The summed E-state index contributed by atoms with van der Waals surface area (Å²) in [7, 11) is 0. The van der Waals surface area contributed by atoms with Crippen LogP contribution in [0.3, 0.4) is 0 Å². The van der Waals surface area contributed by atoms with Crippen molar-refractivity contribution in [3.05, 3.63) is 17.5 Å². The van der Waals surface area contributed by atoms with Gasteiger partial charge in [-0.15, -0.1) is 0 Å². The highest BCUT2D eigenvalue weighted by atomic mass is 19.4. The van der Waals surface area contributed by atoms with Gasteiger partial charge in [0.1, 0.15) is 0 Å². The van der Waals surface area contributed by atoms with Crippen molar-refractivity contribution in [3.8, 4) is 0 Å². The summed E-state index contributed by atoms with van der Waals surface area (Å²) >= 11 is 0. The van der Waals surface area contributed by atoms with Gasteiger partial charge in [-0.2, -0.15) is 18.3 Å². The number of amides is 1. The minimum Gasteiger partial charge on any atom is -0.349 e. The minimum absolute atomic E-state index is 0.0356. The average Bonchev–Trinajstić information content (AvgIpc) is 2.75. The molecule has 0 radical (unpaired) electrons. The molecule has 4 nitrogen and oxygen atoms in total. The second kappa shape index (κ2) is 5.22. The largest absolute Gasteiger partial charge is 0.391 e. The molecule has 0 spiro atoms. The lowest BCUT2D eigenvalue weighted by molar-refractivity contribution is -0.183. The molecule has 0 bridgehead atoms. The average molecular weight is 275 g/mol. The van der Waals surface area contributed by atoms with Gasteiger partial charge in [0, 0.05) is 11.7 Å².